The summed E-state index contributed by atoms with van der Waals surface area (Å²) in [6, 6.07) is 12.1. The average molecular weight is 411 g/mol. The lowest BCUT2D eigenvalue weighted by molar-refractivity contribution is -0.384. The van der Waals surface area contributed by atoms with Crippen molar-refractivity contribution in [3.05, 3.63) is 81.0 Å². The summed E-state index contributed by atoms with van der Waals surface area (Å²) in [5.74, 6) is 0.00227. The molecule has 0 aromatic heterocycles. The molecule has 0 saturated heterocycles. The molecule has 0 spiro atoms. The second-order valence-electron chi connectivity index (χ2n) is 6.72. The van der Waals surface area contributed by atoms with Gasteiger partial charge in [-0.05, 0) is 42.3 Å². The van der Waals surface area contributed by atoms with Gasteiger partial charge >= 0.3 is 12.0 Å². The molecule has 1 atom stereocenters. The molecule has 2 aromatic rings. The molecule has 1 aliphatic heterocycles. The number of amides is 2. The monoisotopic (exact) mass is 411 g/mol. The molecule has 0 bridgehead atoms. The van der Waals surface area contributed by atoms with Gasteiger partial charge in [0.15, 0.2) is 0 Å². The van der Waals surface area contributed by atoms with Gasteiger partial charge in [-0.2, -0.15) is 0 Å². The minimum atomic E-state index is -0.677. The fourth-order valence-electron chi connectivity index (χ4n) is 3.12. The summed E-state index contributed by atoms with van der Waals surface area (Å²) >= 11 is 0. The number of ether oxygens (including phenoxy) is 2. The number of nitro groups is 1. The Hall–Kier alpha value is -3.88. The summed E-state index contributed by atoms with van der Waals surface area (Å²) in [6.45, 7) is 1.90. The molecule has 2 aromatic carbocycles. The quantitative estimate of drug-likeness (QED) is 0.443. The molecule has 1 heterocycles. The number of nitro benzene ring substituents is 1. The molecule has 0 radical (unpaired) electrons. The van der Waals surface area contributed by atoms with Crippen molar-refractivity contribution in [1.82, 2.24) is 10.2 Å². The third-order valence-electron chi connectivity index (χ3n) is 4.90. The molecule has 9 nitrogen and oxygen atoms in total. The molecule has 0 saturated carbocycles. The van der Waals surface area contributed by atoms with Crippen LogP contribution in [-0.4, -0.2) is 36.0 Å². The Morgan fingerprint density at radius 2 is 1.93 bits per heavy atom. The van der Waals surface area contributed by atoms with Crippen LogP contribution in [0.5, 0.6) is 5.75 Å². The number of allylic oxidation sites excluding steroid dienone is 1. The van der Waals surface area contributed by atoms with Gasteiger partial charge in [-0.1, -0.05) is 12.1 Å². The third-order valence-corrected chi connectivity index (χ3v) is 4.90. The van der Waals surface area contributed by atoms with Crippen molar-refractivity contribution < 1.29 is 24.0 Å². The van der Waals surface area contributed by atoms with E-state index in [-0.39, 0.29) is 18.3 Å². The molecule has 9 heteroatoms. The molecular weight excluding hydrogens is 390 g/mol. The Bertz CT molecular complexity index is 1020. The van der Waals surface area contributed by atoms with E-state index in [0.717, 1.165) is 5.56 Å². The van der Waals surface area contributed by atoms with E-state index in [1.807, 2.05) is 0 Å². The van der Waals surface area contributed by atoms with Crippen LogP contribution in [0.15, 0.2) is 59.8 Å². The summed E-state index contributed by atoms with van der Waals surface area (Å²) in [4.78, 5) is 36.3. The van der Waals surface area contributed by atoms with Crippen LogP contribution in [0.25, 0.3) is 0 Å². The van der Waals surface area contributed by atoms with Gasteiger partial charge in [0, 0.05) is 24.9 Å². The van der Waals surface area contributed by atoms with Crippen LogP contribution in [0.1, 0.15) is 24.1 Å². The minimum Gasteiger partial charge on any atom is -0.489 e. The SMILES string of the molecule is COC(=O)C1=C(C)N(C)C(=O)NC1c1cccc(OCc2ccc([N+](=O)[O-])cc2)c1. The van der Waals surface area contributed by atoms with Crippen LogP contribution >= 0.6 is 0 Å². The van der Waals surface area contributed by atoms with Crippen molar-refractivity contribution in [3.8, 4) is 5.75 Å². The molecular formula is C21H21N3O6. The highest BCUT2D eigenvalue weighted by atomic mass is 16.6. The smallest absolute Gasteiger partial charge is 0.337 e. The lowest BCUT2D eigenvalue weighted by atomic mass is 9.95. The summed E-state index contributed by atoms with van der Waals surface area (Å²) in [5.41, 5.74) is 2.29. The first-order valence-electron chi connectivity index (χ1n) is 9.11. The molecule has 0 fully saturated rings. The largest absolute Gasteiger partial charge is 0.489 e. The minimum absolute atomic E-state index is 0.0104. The Morgan fingerprint density at radius 1 is 1.23 bits per heavy atom. The van der Waals surface area contributed by atoms with Crippen LogP contribution in [0.2, 0.25) is 0 Å². The maximum absolute atomic E-state index is 12.3. The molecule has 1 aliphatic rings. The molecule has 30 heavy (non-hydrogen) atoms. The molecule has 1 N–H and O–H groups in total. The van der Waals surface area contributed by atoms with Gasteiger partial charge in [-0.15, -0.1) is 0 Å². The number of methoxy groups -OCH3 is 1. The van der Waals surface area contributed by atoms with E-state index in [1.165, 1.54) is 24.1 Å². The maximum atomic E-state index is 12.3. The summed E-state index contributed by atoms with van der Waals surface area (Å²) < 4.78 is 10.7. The second kappa shape index (κ2) is 8.64. The highest BCUT2D eigenvalue weighted by molar-refractivity contribution is 5.94. The number of benzene rings is 2. The van der Waals surface area contributed by atoms with Gasteiger partial charge in [0.25, 0.3) is 5.69 Å². The van der Waals surface area contributed by atoms with Crippen LogP contribution in [0.3, 0.4) is 0 Å². The predicted molar refractivity (Wildman–Crippen MR) is 108 cm³/mol. The Morgan fingerprint density at radius 3 is 2.57 bits per heavy atom. The van der Waals surface area contributed by atoms with Crippen molar-refractivity contribution in [2.24, 2.45) is 0 Å². The number of nitrogens with one attached hydrogen (secondary N) is 1. The van der Waals surface area contributed by atoms with Gasteiger partial charge in [0.1, 0.15) is 12.4 Å². The normalized spacial score (nSPS) is 16.2. The summed E-state index contributed by atoms with van der Waals surface area (Å²) in [6.07, 6.45) is 0. The number of esters is 1. The zero-order chi connectivity index (χ0) is 21.8. The van der Waals surface area contributed by atoms with Crippen molar-refractivity contribution in [1.29, 1.82) is 0 Å². The molecule has 2 amide bonds. The van der Waals surface area contributed by atoms with E-state index < -0.39 is 16.9 Å². The fourth-order valence-corrected chi connectivity index (χ4v) is 3.12. The number of rotatable bonds is 6. The van der Waals surface area contributed by atoms with Gasteiger partial charge in [0.2, 0.25) is 0 Å². The molecule has 1 unspecified atom stereocenters. The van der Waals surface area contributed by atoms with E-state index in [9.17, 15) is 19.7 Å². The number of nitrogens with zero attached hydrogens (tertiary/aromatic N) is 2. The van der Waals surface area contributed by atoms with Crippen LogP contribution in [0.4, 0.5) is 10.5 Å². The van der Waals surface area contributed by atoms with E-state index in [4.69, 9.17) is 9.47 Å². The van der Waals surface area contributed by atoms with E-state index in [1.54, 1.807) is 50.4 Å². The van der Waals surface area contributed by atoms with E-state index in [0.29, 0.717) is 22.6 Å². The maximum Gasteiger partial charge on any atom is 0.337 e. The number of urea groups is 1. The Balaban J connectivity index is 1.82. The first-order valence-corrected chi connectivity index (χ1v) is 9.11. The van der Waals surface area contributed by atoms with Gasteiger partial charge in [-0.3, -0.25) is 10.1 Å². The van der Waals surface area contributed by atoms with Crippen LogP contribution < -0.4 is 10.1 Å². The number of hydrogen-bond acceptors (Lipinski definition) is 6. The van der Waals surface area contributed by atoms with E-state index in [2.05, 4.69) is 5.32 Å². The van der Waals surface area contributed by atoms with Crippen LogP contribution in [0, 0.1) is 10.1 Å². The molecule has 0 aliphatic carbocycles. The number of carbonyl (C=O) groups excluding carboxylic acids is 2. The zero-order valence-corrected chi connectivity index (χ0v) is 16.7. The van der Waals surface area contributed by atoms with Crippen molar-refractivity contribution in [2.45, 2.75) is 19.6 Å². The fraction of sp³-hybridized carbons (Fsp3) is 0.238. The van der Waals surface area contributed by atoms with Gasteiger partial charge < -0.3 is 19.7 Å². The van der Waals surface area contributed by atoms with Crippen molar-refractivity contribution in [3.63, 3.8) is 0 Å². The standard InChI is InChI=1S/C21H21N3O6/c1-13-18(20(25)29-3)19(22-21(26)23(13)2)15-5-4-6-17(11-15)30-12-14-7-9-16(10-8-14)24(27)28/h4-11,19H,12H2,1-3H3,(H,22,26). The summed E-state index contributed by atoms with van der Waals surface area (Å²) in [7, 11) is 2.87. The average Bonchev–Trinajstić information content (AvgIpc) is 2.75. The van der Waals surface area contributed by atoms with E-state index >= 15 is 0 Å². The predicted octanol–water partition coefficient (Wildman–Crippen LogP) is 3.32. The zero-order valence-electron chi connectivity index (χ0n) is 16.7. The topological polar surface area (TPSA) is 111 Å². The van der Waals surface area contributed by atoms with Gasteiger partial charge in [-0.25, -0.2) is 9.59 Å². The number of carbonyl (C=O) groups is 2. The number of non-ortho nitro benzene ring substituents is 1. The molecule has 3 rings (SSSR count). The van der Waals surface area contributed by atoms with Gasteiger partial charge in [0.05, 0.1) is 23.6 Å². The Kier molecular flexibility index (Phi) is 6.01. The molecule has 156 valence electrons. The highest BCUT2D eigenvalue weighted by Gasteiger charge is 2.34. The Labute approximate surface area is 173 Å². The van der Waals surface area contributed by atoms with Crippen molar-refractivity contribution in [2.75, 3.05) is 14.2 Å². The highest BCUT2D eigenvalue weighted by Crippen LogP contribution is 2.32. The third kappa shape index (κ3) is 4.24. The van der Waals surface area contributed by atoms with Crippen molar-refractivity contribution >= 4 is 17.7 Å². The lowest BCUT2D eigenvalue weighted by Crippen LogP contribution is -2.46. The first-order chi connectivity index (χ1) is 14.3. The lowest BCUT2D eigenvalue weighted by Gasteiger charge is -2.33. The second-order valence-corrected chi connectivity index (χ2v) is 6.72. The summed E-state index contributed by atoms with van der Waals surface area (Å²) in [5, 5.41) is 13.6. The van der Waals surface area contributed by atoms with Crippen LogP contribution in [-0.2, 0) is 16.1 Å². The first kappa shape index (κ1) is 20.8. The number of hydrogen-bond donors (Lipinski definition) is 1.